The molecule has 32 heteroatoms. The maximum Gasteiger partial charge on any atom is 0.326 e. The predicted octanol–water partition coefficient (Wildman–Crippen LogP) is 17.7. The van der Waals surface area contributed by atoms with E-state index in [9.17, 15) is 58.8 Å². The minimum Gasteiger partial charge on any atom is -0.496 e. The molecule has 4 aromatic heterocycles. The summed E-state index contributed by atoms with van der Waals surface area (Å²) in [6.45, 7) is 20.6. The lowest BCUT2D eigenvalue weighted by atomic mass is 9.84. The van der Waals surface area contributed by atoms with Gasteiger partial charge in [-0.1, -0.05) is 176 Å². The Hall–Kier alpha value is -12.1. The van der Waals surface area contributed by atoms with Crippen molar-refractivity contribution < 1.29 is 96.7 Å². The summed E-state index contributed by atoms with van der Waals surface area (Å²) in [6.07, 6.45) is 21.7. The molecular formula is C100H140N12O20. The number of nitrogens with zero attached hydrogens (tertiary/aromatic N) is 8. The number of aliphatic carboxylic acids is 4. The number of amides is 4. The predicted molar refractivity (Wildman–Crippen MR) is 503 cm³/mol. The summed E-state index contributed by atoms with van der Waals surface area (Å²) >= 11 is 0. The van der Waals surface area contributed by atoms with Crippen LogP contribution in [-0.2, 0) is 38.8 Å². The molecule has 12 rings (SSSR count). The molecule has 132 heavy (non-hydrogen) atoms. The molecule has 0 aliphatic heterocycles. The van der Waals surface area contributed by atoms with E-state index >= 15 is 0 Å². The Kier molecular flexibility index (Phi) is 39.6. The number of carbonyl (C=O) groups excluding carboxylic acids is 4. The van der Waals surface area contributed by atoms with Gasteiger partial charge < -0.3 is 79.6 Å². The first-order valence-electron chi connectivity index (χ1n) is 46.8. The molecular weight excluding hydrogens is 1690 g/mol. The van der Waals surface area contributed by atoms with E-state index in [1.54, 1.807) is 95.2 Å². The van der Waals surface area contributed by atoms with Gasteiger partial charge in [0.1, 0.15) is 70.2 Å². The number of carboxylic acid groups (broad SMARTS) is 4. The van der Waals surface area contributed by atoms with Crippen LogP contribution < -0.4 is 59.2 Å². The molecule has 0 spiro atoms. The molecule has 6 atom stereocenters. The molecule has 2 unspecified atom stereocenters. The Bertz CT molecular complexity index is 5030. The van der Waals surface area contributed by atoms with Gasteiger partial charge in [-0.25, -0.2) is 19.2 Å². The van der Waals surface area contributed by atoms with E-state index < -0.39 is 71.7 Å². The Balaban J connectivity index is 0.000000198. The van der Waals surface area contributed by atoms with Crippen LogP contribution in [0.2, 0.25) is 0 Å². The first-order chi connectivity index (χ1) is 63.4. The lowest BCUT2D eigenvalue weighted by molar-refractivity contribution is -0.142. The van der Waals surface area contributed by atoms with Gasteiger partial charge in [0.15, 0.2) is 22.8 Å². The highest BCUT2D eigenvalue weighted by Crippen LogP contribution is 2.45. The summed E-state index contributed by atoms with van der Waals surface area (Å²) in [4.78, 5) is 100. The number of hydrogen-bond donors (Lipinski definition) is 8. The number of aromatic nitrogens is 8. The molecule has 4 aliphatic carbocycles. The van der Waals surface area contributed by atoms with Crippen molar-refractivity contribution in [2.24, 2.45) is 47.3 Å². The van der Waals surface area contributed by atoms with E-state index in [0.29, 0.717) is 122 Å². The van der Waals surface area contributed by atoms with Gasteiger partial charge in [0.05, 0.1) is 108 Å². The lowest BCUT2D eigenvalue weighted by Crippen LogP contribution is -2.46. The lowest BCUT2D eigenvalue weighted by Gasteiger charge is -2.27. The zero-order chi connectivity index (χ0) is 96.0. The summed E-state index contributed by atoms with van der Waals surface area (Å²) in [5.74, 6) is -0.0898. The summed E-state index contributed by atoms with van der Waals surface area (Å²) in [5.41, 5.74) is 6.31. The number of benzene rings is 4. The van der Waals surface area contributed by atoms with Crippen molar-refractivity contribution in [3.05, 3.63) is 120 Å². The molecule has 4 saturated carbocycles. The first-order valence-corrected chi connectivity index (χ1v) is 46.8. The van der Waals surface area contributed by atoms with E-state index in [1.165, 1.54) is 0 Å². The maximum absolute atomic E-state index is 13.2. The highest BCUT2D eigenvalue weighted by atomic mass is 16.5. The number of hydrogen-bond acceptors (Lipinski definition) is 20. The van der Waals surface area contributed by atoms with Gasteiger partial charge in [-0.05, 0) is 178 Å². The average molecular weight is 1830 g/mol. The second-order valence-corrected chi connectivity index (χ2v) is 35.6. The van der Waals surface area contributed by atoms with Crippen LogP contribution in [0.25, 0.3) is 45.0 Å². The van der Waals surface area contributed by atoms with Crippen molar-refractivity contribution in [3.8, 4) is 91.0 Å². The van der Waals surface area contributed by atoms with Gasteiger partial charge in [-0.3, -0.25) is 37.9 Å². The smallest absolute Gasteiger partial charge is 0.326 e. The number of rotatable bonds is 39. The molecule has 4 fully saturated rings. The molecule has 4 heterocycles. The molecule has 8 aromatic rings. The third-order valence-corrected chi connectivity index (χ3v) is 26.1. The van der Waals surface area contributed by atoms with Gasteiger partial charge >= 0.3 is 23.9 Å². The molecule has 8 N–H and O–H groups in total. The summed E-state index contributed by atoms with van der Waals surface area (Å²) < 4.78 is 51.8. The van der Waals surface area contributed by atoms with Gasteiger partial charge in [0.25, 0.3) is 23.6 Å². The summed E-state index contributed by atoms with van der Waals surface area (Å²) in [6, 6.07) is 25.1. The number of nitrogens with one attached hydrogen (secondary N) is 4. The Morgan fingerprint density at radius 1 is 0.333 bits per heavy atom. The van der Waals surface area contributed by atoms with Crippen LogP contribution in [-0.4, -0.2) is 188 Å². The zero-order valence-electron chi connectivity index (χ0n) is 80.0. The quantitative estimate of drug-likeness (QED) is 0.0177. The normalized spacial score (nSPS) is 15.8. The van der Waals surface area contributed by atoms with Crippen molar-refractivity contribution in [2.45, 2.75) is 260 Å². The van der Waals surface area contributed by atoms with Crippen molar-refractivity contribution in [1.29, 1.82) is 0 Å². The van der Waals surface area contributed by atoms with Gasteiger partial charge in [0, 0.05) is 19.6 Å². The molecule has 0 bridgehead atoms. The Labute approximate surface area is 775 Å². The monoisotopic (exact) mass is 1830 g/mol. The Morgan fingerprint density at radius 3 is 0.795 bits per heavy atom. The molecule has 4 amide bonds. The highest BCUT2D eigenvalue weighted by molar-refractivity contribution is 5.99. The second kappa shape index (κ2) is 50.5. The third kappa shape index (κ3) is 26.6. The maximum atomic E-state index is 13.2. The SMILES string of the molecule is CCC(C)Cn1nc(C(=O)N[C@H](C(=O)O)C2CCCCC2)cc1-c1c(OC)cccc1OC.CCC(CC)Cn1nc(C(=O)N[C@H](C(=O)O)C2CCCCC2)cc1-c1c(OC)cccc1OC.COc1cccc(OC)c1-c1cc(C(=O)N[C@H](C(=O)O)C2CCCCC2)nn1C(C)C(C)C.COc1cccc(OC)c1-c1cc(C(=O)N[C@H](C(=O)O)C2CCCCC2)nn1CC(C)C. The first kappa shape index (κ1) is 104. The molecule has 32 nitrogen and oxygen atoms in total. The van der Waals surface area contributed by atoms with E-state index in [4.69, 9.17) is 37.9 Å². The van der Waals surface area contributed by atoms with E-state index in [2.05, 4.69) is 97.1 Å². The second-order valence-electron chi connectivity index (χ2n) is 35.6. The topological polar surface area (TPSA) is 411 Å². The molecule has 0 saturated heterocycles. The van der Waals surface area contributed by atoms with Crippen LogP contribution in [0.5, 0.6) is 46.0 Å². The van der Waals surface area contributed by atoms with Crippen LogP contribution in [0.15, 0.2) is 97.1 Å². The molecule has 4 aromatic carbocycles. The van der Waals surface area contributed by atoms with Gasteiger partial charge in [0.2, 0.25) is 0 Å². The highest BCUT2D eigenvalue weighted by Gasteiger charge is 2.39. The number of carboxylic acids is 4. The largest absolute Gasteiger partial charge is 0.496 e. The fourth-order valence-electron chi connectivity index (χ4n) is 18.1. The molecule has 720 valence electrons. The third-order valence-electron chi connectivity index (χ3n) is 26.1. The summed E-state index contributed by atoms with van der Waals surface area (Å²) in [7, 11) is 12.7. The fraction of sp³-hybridized carbons (Fsp3) is 0.560. The van der Waals surface area contributed by atoms with Crippen LogP contribution in [0.3, 0.4) is 0 Å². The minimum absolute atomic E-state index is 0.0233. The Morgan fingerprint density at radius 2 is 0.568 bits per heavy atom. The van der Waals surface area contributed by atoms with Crippen molar-refractivity contribution in [3.63, 3.8) is 0 Å². The van der Waals surface area contributed by atoms with Gasteiger partial charge in [-0.15, -0.1) is 0 Å². The van der Waals surface area contributed by atoms with E-state index in [0.717, 1.165) is 148 Å². The van der Waals surface area contributed by atoms with Crippen molar-refractivity contribution in [2.75, 3.05) is 56.9 Å². The molecule has 0 radical (unpaired) electrons. The van der Waals surface area contributed by atoms with Crippen molar-refractivity contribution >= 4 is 47.5 Å². The number of methoxy groups -OCH3 is 8. The molecule has 4 aliphatic rings. The van der Waals surface area contributed by atoms with Crippen LogP contribution >= 0.6 is 0 Å². The van der Waals surface area contributed by atoms with E-state index in [-0.39, 0.29) is 64.3 Å². The van der Waals surface area contributed by atoms with Crippen LogP contribution in [0.4, 0.5) is 0 Å². The van der Waals surface area contributed by atoms with Gasteiger partial charge in [-0.2, -0.15) is 20.4 Å². The van der Waals surface area contributed by atoms with Crippen molar-refractivity contribution in [1.82, 2.24) is 60.4 Å². The van der Waals surface area contributed by atoms with Crippen LogP contribution in [0.1, 0.15) is 258 Å². The van der Waals surface area contributed by atoms with E-state index in [1.807, 2.05) is 84.4 Å². The zero-order valence-corrected chi connectivity index (χ0v) is 80.0. The number of carbonyl (C=O) groups is 8. The van der Waals surface area contributed by atoms with Crippen LogP contribution in [0, 0.1) is 47.3 Å². The minimum atomic E-state index is -1.00. The fourth-order valence-corrected chi connectivity index (χ4v) is 18.1. The number of ether oxygens (including phenoxy) is 8. The average Bonchev–Trinajstić information content (AvgIpc) is 1.72. The summed E-state index contributed by atoms with van der Waals surface area (Å²) in [5, 5.41) is 68.4. The standard InChI is InChI=1S/C26H37N3O5.2C25H35N3O5.C24H33N3O5/c1-5-17(6-2)16-29-20(23-21(33-3)13-10-14-22(23)34-4)15-19(28-29)25(30)27-24(26(31)32)18-11-8-7-9-12-18;1-15(2)16(3)28-19(22-20(32-4)12-9-13-21(22)33-5)14-18(27-28)24(29)26-23(25(30)31)17-10-7-6-8-11-17;1-5-16(2)15-28-19(22-20(32-3)12-9-13-21(22)33-4)14-18(27-28)24(29)26-23(25(30)31)17-10-7-6-8-11-17;1-15(2)14-27-18(21-19(31-3)11-8-12-20(21)32-4)13-17(26-27)23(28)25-22(24(29)30)16-9-6-5-7-10-16/h10,13-15,17-18,24H,5-9,11-12,16H2,1-4H3,(H,27,30)(H,31,32);9,12-17,23H,6-8,10-11H2,1-5H3,(H,26,29)(H,30,31);9,12-14,16-17,23H,5-8,10-11,15H2,1-4H3,(H,26,29)(H,30,31);8,11-13,15-16,22H,5-7,9-10,14H2,1-4H3,(H,25,28)(H,29,30)/t24-;2*16?,23-;22-/m0000/s1.